The average molecular weight is 308 g/mol. The van der Waals surface area contributed by atoms with Crippen molar-refractivity contribution in [1.29, 1.82) is 0 Å². The van der Waals surface area contributed by atoms with Gasteiger partial charge in [0.2, 0.25) is 0 Å². The SMILES string of the molecule is CCC1CCCO1.CCc1ccco1.CCc1cccs1. The molecule has 21 heavy (non-hydrogen) atoms. The lowest BCUT2D eigenvalue weighted by atomic mass is 10.2. The minimum atomic E-state index is 0.597. The monoisotopic (exact) mass is 308 g/mol. The Kier molecular flexibility index (Phi) is 9.92. The number of aryl methyl sites for hydroxylation is 2. The molecule has 0 aliphatic carbocycles. The van der Waals surface area contributed by atoms with Gasteiger partial charge < -0.3 is 9.15 Å². The molecule has 1 fully saturated rings. The molecule has 2 nitrogen and oxygen atoms in total. The Morgan fingerprint density at radius 2 is 2.00 bits per heavy atom. The van der Waals surface area contributed by atoms with Crippen molar-refractivity contribution in [2.45, 2.75) is 59.0 Å². The summed E-state index contributed by atoms with van der Waals surface area (Å²) in [5.74, 6) is 1.06. The summed E-state index contributed by atoms with van der Waals surface area (Å²) in [6.07, 6.45) is 8.22. The summed E-state index contributed by atoms with van der Waals surface area (Å²) < 4.78 is 10.3. The standard InChI is InChI=1S/C6H12O.C6H8O.C6H8S/c3*1-2-6-4-3-5-7-6/h6H,2-5H2,1H3;2*3-5H,2H2,1H3. The first-order chi connectivity index (χ1) is 10.3. The number of thiophene rings is 1. The van der Waals surface area contributed by atoms with Gasteiger partial charge in [0.25, 0.3) is 0 Å². The van der Waals surface area contributed by atoms with E-state index in [-0.39, 0.29) is 0 Å². The zero-order chi connectivity index (χ0) is 15.3. The maximum absolute atomic E-state index is 5.30. The Morgan fingerprint density at radius 1 is 1.14 bits per heavy atom. The number of furan rings is 1. The highest BCUT2D eigenvalue weighted by molar-refractivity contribution is 7.09. The van der Waals surface area contributed by atoms with Crippen molar-refractivity contribution in [3.05, 3.63) is 46.5 Å². The molecule has 1 atom stereocenters. The molecule has 1 aliphatic heterocycles. The summed E-state index contributed by atoms with van der Waals surface area (Å²) in [6, 6.07) is 8.12. The van der Waals surface area contributed by atoms with Crippen molar-refractivity contribution in [3.8, 4) is 0 Å². The average Bonchev–Trinajstić information content (AvgIpc) is 3.31. The van der Waals surface area contributed by atoms with Crippen molar-refractivity contribution in [1.82, 2.24) is 0 Å². The van der Waals surface area contributed by atoms with Crippen molar-refractivity contribution in [2.24, 2.45) is 0 Å². The van der Waals surface area contributed by atoms with Crippen LogP contribution in [0.3, 0.4) is 0 Å². The van der Waals surface area contributed by atoms with Crippen LogP contribution in [0, 0.1) is 0 Å². The van der Waals surface area contributed by atoms with Gasteiger partial charge in [-0.1, -0.05) is 26.8 Å². The Hall–Kier alpha value is -1.06. The topological polar surface area (TPSA) is 22.4 Å². The van der Waals surface area contributed by atoms with Gasteiger partial charge >= 0.3 is 0 Å². The summed E-state index contributed by atoms with van der Waals surface area (Å²) in [4.78, 5) is 1.47. The molecule has 3 heterocycles. The van der Waals surface area contributed by atoms with Gasteiger partial charge in [0.1, 0.15) is 5.76 Å². The van der Waals surface area contributed by atoms with Crippen LogP contribution in [0.5, 0.6) is 0 Å². The molecule has 118 valence electrons. The van der Waals surface area contributed by atoms with E-state index in [9.17, 15) is 0 Å². The fourth-order valence-corrected chi connectivity index (χ4v) is 2.65. The predicted octanol–water partition coefficient (Wildman–Crippen LogP) is 5.73. The minimum Gasteiger partial charge on any atom is -0.469 e. The van der Waals surface area contributed by atoms with E-state index in [0.717, 1.165) is 18.8 Å². The second-order valence-electron chi connectivity index (χ2n) is 4.91. The molecule has 3 heteroatoms. The predicted molar refractivity (Wildman–Crippen MR) is 91.0 cm³/mol. The minimum absolute atomic E-state index is 0.597. The third-order valence-electron chi connectivity index (χ3n) is 3.34. The normalized spacial score (nSPS) is 16.6. The Balaban J connectivity index is 0.000000157. The number of hydrogen-bond donors (Lipinski definition) is 0. The molecule has 0 bridgehead atoms. The maximum atomic E-state index is 5.30. The summed E-state index contributed by atoms with van der Waals surface area (Å²) >= 11 is 1.82. The molecular weight excluding hydrogens is 280 g/mol. The van der Waals surface area contributed by atoms with Crippen LogP contribution < -0.4 is 0 Å². The summed E-state index contributed by atoms with van der Waals surface area (Å²) in [5, 5.41) is 2.11. The quantitative estimate of drug-likeness (QED) is 0.722. The van der Waals surface area contributed by atoms with Crippen LogP contribution in [0.15, 0.2) is 40.3 Å². The van der Waals surface area contributed by atoms with Gasteiger partial charge in [0, 0.05) is 17.9 Å². The highest BCUT2D eigenvalue weighted by atomic mass is 32.1. The number of ether oxygens (including phenoxy) is 1. The molecule has 0 spiro atoms. The molecule has 2 aromatic heterocycles. The zero-order valence-corrected chi connectivity index (χ0v) is 14.3. The van der Waals surface area contributed by atoms with Gasteiger partial charge in [-0.05, 0) is 49.3 Å². The molecule has 0 saturated carbocycles. The van der Waals surface area contributed by atoms with Gasteiger partial charge in [0.05, 0.1) is 12.4 Å². The van der Waals surface area contributed by atoms with E-state index in [1.807, 2.05) is 23.5 Å². The zero-order valence-electron chi connectivity index (χ0n) is 13.5. The van der Waals surface area contributed by atoms with E-state index in [0.29, 0.717) is 6.10 Å². The Bertz CT molecular complexity index is 380. The van der Waals surface area contributed by atoms with Gasteiger partial charge in [-0.2, -0.15) is 0 Å². The van der Waals surface area contributed by atoms with Crippen LogP contribution in [0.4, 0.5) is 0 Å². The lowest BCUT2D eigenvalue weighted by Crippen LogP contribution is -2.00. The molecule has 2 aromatic rings. The largest absolute Gasteiger partial charge is 0.469 e. The van der Waals surface area contributed by atoms with E-state index < -0.39 is 0 Å². The summed E-state index contributed by atoms with van der Waals surface area (Å²) in [6.45, 7) is 7.42. The smallest absolute Gasteiger partial charge is 0.103 e. The maximum Gasteiger partial charge on any atom is 0.103 e. The number of hydrogen-bond acceptors (Lipinski definition) is 3. The Labute approximate surface area is 133 Å². The first-order valence-corrected chi connectivity index (χ1v) is 8.84. The third-order valence-corrected chi connectivity index (χ3v) is 4.36. The van der Waals surface area contributed by atoms with Crippen LogP contribution in [-0.4, -0.2) is 12.7 Å². The molecule has 0 amide bonds. The molecule has 1 aliphatic rings. The van der Waals surface area contributed by atoms with E-state index in [2.05, 4.69) is 38.3 Å². The second-order valence-corrected chi connectivity index (χ2v) is 5.94. The van der Waals surface area contributed by atoms with Crippen LogP contribution in [0.25, 0.3) is 0 Å². The first-order valence-electron chi connectivity index (χ1n) is 7.96. The van der Waals surface area contributed by atoms with Gasteiger partial charge in [-0.15, -0.1) is 11.3 Å². The summed E-state index contributed by atoms with van der Waals surface area (Å²) in [7, 11) is 0. The molecule has 0 radical (unpaired) electrons. The third kappa shape index (κ3) is 8.08. The van der Waals surface area contributed by atoms with Crippen LogP contribution in [0.2, 0.25) is 0 Å². The van der Waals surface area contributed by atoms with Crippen LogP contribution in [-0.2, 0) is 17.6 Å². The highest BCUT2D eigenvalue weighted by Crippen LogP contribution is 2.13. The molecule has 1 saturated heterocycles. The fraction of sp³-hybridized carbons (Fsp3) is 0.556. The van der Waals surface area contributed by atoms with Crippen LogP contribution >= 0.6 is 11.3 Å². The molecule has 0 N–H and O–H groups in total. The van der Waals surface area contributed by atoms with E-state index in [4.69, 9.17) is 9.15 Å². The lowest BCUT2D eigenvalue weighted by Gasteiger charge is -2.01. The Morgan fingerprint density at radius 3 is 2.29 bits per heavy atom. The molecule has 0 aromatic carbocycles. The van der Waals surface area contributed by atoms with E-state index >= 15 is 0 Å². The van der Waals surface area contributed by atoms with Crippen LogP contribution in [0.1, 0.15) is 50.7 Å². The van der Waals surface area contributed by atoms with Gasteiger partial charge in [-0.25, -0.2) is 0 Å². The van der Waals surface area contributed by atoms with E-state index in [1.54, 1.807) is 6.26 Å². The lowest BCUT2D eigenvalue weighted by molar-refractivity contribution is 0.108. The summed E-state index contributed by atoms with van der Waals surface area (Å²) in [5.41, 5.74) is 0. The van der Waals surface area contributed by atoms with Crippen molar-refractivity contribution >= 4 is 11.3 Å². The van der Waals surface area contributed by atoms with E-state index in [1.165, 1.54) is 30.6 Å². The molecular formula is C18H28O2S. The molecule has 1 unspecified atom stereocenters. The first kappa shape index (κ1) is 18.0. The highest BCUT2D eigenvalue weighted by Gasteiger charge is 2.11. The van der Waals surface area contributed by atoms with Gasteiger partial charge in [-0.3, -0.25) is 0 Å². The van der Waals surface area contributed by atoms with Gasteiger partial charge in [0.15, 0.2) is 0 Å². The van der Waals surface area contributed by atoms with Crippen molar-refractivity contribution < 1.29 is 9.15 Å². The fourth-order valence-electron chi connectivity index (χ4n) is 1.99. The number of rotatable bonds is 3. The van der Waals surface area contributed by atoms with Crippen molar-refractivity contribution in [3.63, 3.8) is 0 Å². The molecule has 3 rings (SSSR count). The second kappa shape index (κ2) is 11.6. The van der Waals surface area contributed by atoms with Crippen molar-refractivity contribution in [2.75, 3.05) is 6.61 Å².